The van der Waals surface area contributed by atoms with Crippen molar-refractivity contribution in [2.45, 2.75) is 19.9 Å². The molecule has 112 valence electrons. The van der Waals surface area contributed by atoms with Crippen molar-refractivity contribution in [2.75, 3.05) is 6.54 Å². The van der Waals surface area contributed by atoms with Gasteiger partial charge >= 0.3 is 0 Å². The Labute approximate surface area is 131 Å². The molecule has 0 radical (unpaired) electrons. The monoisotopic (exact) mass is 355 g/mol. The minimum absolute atomic E-state index is 0.00813. The molecular weight excluding hydrogens is 340 g/mol. The summed E-state index contributed by atoms with van der Waals surface area (Å²) in [7, 11) is 0. The van der Waals surface area contributed by atoms with E-state index in [2.05, 4.69) is 21.2 Å². The molecule has 0 fully saturated rings. The Bertz CT molecular complexity index is 619. The van der Waals surface area contributed by atoms with Crippen molar-refractivity contribution < 1.29 is 13.5 Å². The molecule has 0 spiro atoms. The molecule has 0 bridgehead atoms. The number of para-hydroxylation sites is 1. The van der Waals surface area contributed by atoms with Crippen molar-refractivity contribution in [3.63, 3.8) is 0 Å². The predicted octanol–water partition coefficient (Wildman–Crippen LogP) is 5.02. The molecule has 0 saturated carbocycles. The van der Waals surface area contributed by atoms with Crippen LogP contribution in [0, 0.1) is 11.6 Å². The fourth-order valence-electron chi connectivity index (χ4n) is 1.87. The van der Waals surface area contributed by atoms with E-state index in [1.165, 1.54) is 18.2 Å². The van der Waals surface area contributed by atoms with Crippen LogP contribution in [0.25, 0.3) is 0 Å². The summed E-state index contributed by atoms with van der Waals surface area (Å²) < 4.78 is 33.9. The molecule has 0 aliphatic rings. The van der Waals surface area contributed by atoms with E-state index in [4.69, 9.17) is 4.74 Å². The molecule has 2 rings (SSSR count). The molecule has 0 atom stereocenters. The molecule has 0 aliphatic carbocycles. The van der Waals surface area contributed by atoms with E-state index >= 15 is 0 Å². The van der Waals surface area contributed by atoms with Crippen LogP contribution in [-0.4, -0.2) is 6.54 Å². The Balaban J connectivity index is 2.27. The molecule has 0 unspecified atom stereocenters. The SMILES string of the molecule is CCCNCc1cccc(F)c1Oc1cc(Br)ccc1F. The fourth-order valence-corrected chi connectivity index (χ4v) is 2.21. The number of ether oxygens (including phenoxy) is 1. The van der Waals surface area contributed by atoms with E-state index in [9.17, 15) is 8.78 Å². The number of halogens is 3. The van der Waals surface area contributed by atoms with Crippen LogP contribution in [0.3, 0.4) is 0 Å². The molecule has 2 aromatic rings. The fraction of sp³-hybridized carbons (Fsp3) is 0.250. The molecule has 2 aromatic carbocycles. The van der Waals surface area contributed by atoms with Gasteiger partial charge in [0.05, 0.1) is 0 Å². The summed E-state index contributed by atoms with van der Waals surface area (Å²) in [5, 5.41) is 3.18. The quantitative estimate of drug-likeness (QED) is 0.734. The molecule has 0 saturated heterocycles. The van der Waals surface area contributed by atoms with Crippen LogP contribution < -0.4 is 10.1 Å². The first-order chi connectivity index (χ1) is 10.1. The standard InChI is InChI=1S/C16H16BrF2NO/c1-2-8-20-10-11-4-3-5-14(19)16(11)21-15-9-12(17)6-7-13(15)18/h3-7,9,20H,2,8,10H2,1H3. The number of hydrogen-bond acceptors (Lipinski definition) is 2. The van der Waals surface area contributed by atoms with E-state index in [0.717, 1.165) is 13.0 Å². The van der Waals surface area contributed by atoms with Gasteiger partial charge in [-0.15, -0.1) is 0 Å². The molecule has 1 N–H and O–H groups in total. The molecule has 2 nitrogen and oxygen atoms in total. The van der Waals surface area contributed by atoms with Crippen LogP contribution in [0.15, 0.2) is 40.9 Å². The van der Waals surface area contributed by atoms with Crippen molar-refractivity contribution in [3.05, 3.63) is 58.1 Å². The molecule has 0 heterocycles. The maximum absolute atomic E-state index is 14.0. The van der Waals surface area contributed by atoms with Gasteiger partial charge in [0.15, 0.2) is 23.1 Å². The Morgan fingerprint density at radius 1 is 1.14 bits per heavy atom. The molecule has 5 heteroatoms. The largest absolute Gasteiger partial charge is 0.451 e. The molecule has 0 aliphatic heterocycles. The van der Waals surface area contributed by atoms with E-state index in [1.807, 2.05) is 6.92 Å². The summed E-state index contributed by atoms with van der Waals surface area (Å²) in [6.07, 6.45) is 0.978. The van der Waals surface area contributed by atoms with E-state index < -0.39 is 11.6 Å². The zero-order chi connectivity index (χ0) is 15.2. The van der Waals surface area contributed by atoms with Crippen LogP contribution in [-0.2, 0) is 6.54 Å². The van der Waals surface area contributed by atoms with Gasteiger partial charge in [0.1, 0.15) is 0 Å². The lowest BCUT2D eigenvalue weighted by atomic mass is 10.2. The maximum Gasteiger partial charge on any atom is 0.167 e. The third-order valence-electron chi connectivity index (χ3n) is 2.90. The smallest absolute Gasteiger partial charge is 0.167 e. The first-order valence-electron chi connectivity index (χ1n) is 6.73. The average Bonchev–Trinajstić information content (AvgIpc) is 2.46. The van der Waals surface area contributed by atoms with Gasteiger partial charge in [0.25, 0.3) is 0 Å². The molecule has 21 heavy (non-hydrogen) atoms. The van der Waals surface area contributed by atoms with Gasteiger partial charge in [-0.05, 0) is 37.2 Å². The summed E-state index contributed by atoms with van der Waals surface area (Å²) in [6, 6.07) is 8.99. The van der Waals surface area contributed by atoms with Gasteiger partial charge in [-0.3, -0.25) is 0 Å². The highest BCUT2D eigenvalue weighted by molar-refractivity contribution is 9.10. The third-order valence-corrected chi connectivity index (χ3v) is 3.39. The topological polar surface area (TPSA) is 21.3 Å². The first kappa shape index (κ1) is 15.9. The zero-order valence-corrected chi connectivity index (χ0v) is 13.2. The van der Waals surface area contributed by atoms with Crippen LogP contribution in [0.2, 0.25) is 0 Å². The van der Waals surface area contributed by atoms with Gasteiger partial charge in [-0.25, -0.2) is 8.78 Å². The van der Waals surface area contributed by atoms with Gasteiger partial charge in [0, 0.05) is 16.6 Å². The minimum Gasteiger partial charge on any atom is -0.451 e. The summed E-state index contributed by atoms with van der Waals surface area (Å²) in [5.74, 6) is -0.997. The number of rotatable bonds is 6. The number of nitrogens with one attached hydrogen (secondary N) is 1. The minimum atomic E-state index is -0.533. The second-order valence-electron chi connectivity index (χ2n) is 4.58. The highest BCUT2D eigenvalue weighted by Gasteiger charge is 2.13. The summed E-state index contributed by atoms with van der Waals surface area (Å²) in [6.45, 7) is 3.34. The van der Waals surface area contributed by atoms with E-state index in [1.54, 1.807) is 18.2 Å². The first-order valence-corrected chi connectivity index (χ1v) is 7.52. The van der Waals surface area contributed by atoms with E-state index in [0.29, 0.717) is 16.6 Å². The van der Waals surface area contributed by atoms with Crippen LogP contribution in [0.4, 0.5) is 8.78 Å². The predicted molar refractivity (Wildman–Crippen MR) is 82.6 cm³/mol. The van der Waals surface area contributed by atoms with Crippen molar-refractivity contribution in [1.82, 2.24) is 5.32 Å². The lowest BCUT2D eigenvalue weighted by molar-refractivity contribution is 0.407. The molecule has 0 aromatic heterocycles. The molecular formula is C16H16BrF2NO. The summed E-state index contributed by atoms with van der Waals surface area (Å²) in [5.41, 5.74) is 0.655. The van der Waals surface area contributed by atoms with Crippen LogP contribution in [0.1, 0.15) is 18.9 Å². The Hall–Kier alpha value is -1.46. The van der Waals surface area contributed by atoms with Gasteiger partial charge in [-0.2, -0.15) is 0 Å². The second-order valence-corrected chi connectivity index (χ2v) is 5.50. The lowest BCUT2D eigenvalue weighted by Gasteiger charge is -2.13. The summed E-state index contributed by atoms with van der Waals surface area (Å²) >= 11 is 3.25. The van der Waals surface area contributed by atoms with Gasteiger partial charge in [-0.1, -0.05) is 35.0 Å². The lowest BCUT2D eigenvalue weighted by Crippen LogP contribution is -2.14. The second kappa shape index (κ2) is 7.52. The Morgan fingerprint density at radius 3 is 2.71 bits per heavy atom. The highest BCUT2D eigenvalue weighted by Crippen LogP contribution is 2.31. The van der Waals surface area contributed by atoms with Crippen molar-refractivity contribution >= 4 is 15.9 Å². The average molecular weight is 356 g/mol. The van der Waals surface area contributed by atoms with Crippen molar-refractivity contribution in [3.8, 4) is 11.5 Å². The number of hydrogen-bond donors (Lipinski definition) is 1. The van der Waals surface area contributed by atoms with Gasteiger partial charge < -0.3 is 10.1 Å². The highest BCUT2D eigenvalue weighted by atomic mass is 79.9. The van der Waals surface area contributed by atoms with Crippen LogP contribution in [0.5, 0.6) is 11.5 Å². The Kier molecular flexibility index (Phi) is 5.70. The third kappa shape index (κ3) is 4.25. The van der Waals surface area contributed by atoms with Crippen LogP contribution >= 0.6 is 15.9 Å². The molecule has 0 amide bonds. The zero-order valence-electron chi connectivity index (χ0n) is 11.6. The number of benzene rings is 2. The Morgan fingerprint density at radius 2 is 1.95 bits per heavy atom. The van der Waals surface area contributed by atoms with Crippen molar-refractivity contribution in [1.29, 1.82) is 0 Å². The van der Waals surface area contributed by atoms with Crippen molar-refractivity contribution in [2.24, 2.45) is 0 Å². The normalized spacial score (nSPS) is 10.7. The van der Waals surface area contributed by atoms with Gasteiger partial charge in [0.2, 0.25) is 0 Å². The van der Waals surface area contributed by atoms with E-state index in [-0.39, 0.29) is 11.5 Å². The maximum atomic E-state index is 14.0. The summed E-state index contributed by atoms with van der Waals surface area (Å²) in [4.78, 5) is 0.